The summed E-state index contributed by atoms with van der Waals surface area (Å²) in [5.41, 5.74) is 2.73. The number of aromatic nitrogens is 2. The van der Waals surface area contributed by atoms with Crippen LogP contribution in [0.2, 0.25) is 0 Å². The zero-order valence-corrected chi connectivity index (χ0v) is 18.5. The number of nitrogens with one attached hydrogen (secondary N) is 1. The van der Waals surface area contributed by atoms with Crippen LogP contribution in [-0.2, 0) is 6.54 Å². The Morgan fingerprint density at radius 2 is 1.88 bits per heavy atom. The van der Waals surface area contributed by atoms with E-state index in [9.17, 15) is 9.18 Å². The van der Waals surface area contributed by atoms with Gasteiger partial charge in [-0.05, 0) is 61.0 Å². The van der Waals surface area contributed by atoms with Gasteiger partial charge in [0.2, 0.25) is 5.82 Å². The Morgan fingerprint density at radius 3 is 2.56 bits per heavy atom. The SMILES string of the molecule is COc1ccc(C2NC(=O)N(Cc3ccco3)C(C)=C2c2nc(-c3ccc(F)cc3)no2)cc1. The van der Waals surface area contributed by atoms with E-state index in [0.29, 0.717) is 34.2 Å². The van der Waals surface area contributed by atoms with E-state index in [1.807, 2.05) is 31.2 Å². The third-order valence-electron chi connectivity index (χ3n) is 5.70. The van der Waals surface area contributed by atoms with Gasteiger partial charge in [0.1, 0.15) is 17.3 Å². The fourth-order valence-electron chi connectivity index (χ4n) is 3.90. The summed E-state index contributed by atoms with van der Waals surface area (Å²) >= 11 is 0. The molecule has 34 heavy (non-hydrogen) atoms. The van der Waals surface area contributed by atoms with Crippen LogP contribution in [0.1, 0.15) is 30.2 Å². The average Bonchev–Trinajstić information content (AvgIpc) is 3.54. The largest absolute Gasteiger partial charge is 0.497 e. The first-order valence-electron chi connectivity index (χ1n) is 10.6. The van der Waals surface area contributed by atoms with Gasteiger partial charge in [-0.25, -0.2) is 9.18 Å². The lowest BCUT2D eigenvalue weighted by molar-refractivity contribution is 0.199. The molecule has 0 spiro atoms. The zero-order valence-electron chi connectivity index (χ0n) is 18.5. The molecule has 3 heterocycles. The molecule has 172 valence electrons. The quantitative estimate of drug-likeness (QED) is 0.426. The first-order chi connectivity index (χ1) is 16.5. The number of methoxy groups -OCH3 is 1. The fraction of sp³-hybridized carbons (Fsp3) is 0.160. The smallest absolute Gasteiger partial charge is 0.322 e. The van der Waals surface area contributed by atoms with Gasteiger partial charge in [-0.2, -0.15) is 4.98 Å². The number of nitrogens with zero attached hydrogens (tertiary/aromatic N) is 3. The minimum Gasteiger partial charge on any atom is -0.497 e. The van der Waals surface area contributed by atoms with Gasteiger partial charge < -0.3 is 19.0 Å². The Morgan fingerprint density at radius 1 is 1.12 bits per heavy atom. The second kappa shape index (κ2) is 8.86. The second-order valence-electron chi connectivity index (χ2n) is 7.75. The number of carbonyl (C=O) groups is 1. The van der Waals surface area contributed by atoms with Crippen LogP contribution in [0.15, 0.2) is 81.6 Å². The third-order valence-corrected chi connectivity index (χ3v) is 5.70. The molecule has 1 atom stereocenters. The molecule has 0 aliphatic carbocycles. The zero-order chi connectivity index (χ0) is 23.7. The Labute approximate surface area is 194 Å². The van der Waals surface area contributed by atoms with Crippen LogP contribution in [0.25, 0.3) is 17.0 Å². The maximum atomic E-state index is 13.3. The van der Waals surface area contributed by atoms with Crippen LogP contribution in [0.5, 0.6) is 5.75 Å². The Kier molecular flexibility index (Phi) is 5.59. The molecule has 1 unspecified atom stereocenters. The molecular formula is C25H21FN4O4. The molecular weight excluding hydrogens is 439 g/mol. The summed E-state index contributed by atoms with van der Waals surface area (Å²) in [5.74, 6) is 1.55. The van der Waals surface area contributed by atoms with Gasteiger partial charge >= 0.3 is 6.03 Å². The predicted octanol–water partition coefficient (Wildman–Crippen LogP) is 5.18. The van der Waals surface area contributed by atoms with Gasteiger partial charge in [0.05, 0.1) is 31.5 Å². The number of rotatable bonds is 6. The lowest BCUT2D eigenvalue weighted by Gasteiger charge is -2.34. The van der Waals surface area contributed by atoms with Gasteiger partial charge in [0.15, 0.2) is 0 Å². The summed E-state index contributed by atoms with van der Waals surface area (Å²) in [6.07, 6.45) is 1.56. The normalized spacial score (nSPS) is 16.0. The summed E-state index contributed by atoms with van der Waals surface area (Å²) in [7, 11) is 1.59. The molecule has 0 fully saturated rings. The van der Waals surface area contributed by atoms with Crippen molar-refractivity contribution in [2.45, 2.75) is 19.5 Å². The molecule has 8 nitrogen and oxygen atoms in total. The highest BCUT2D eigenvalue weighted by atomic mass is 19.1. The van der Waals surface area contributed by atoms with E-state index >= 15 is 0 Å². The molecule has 1 N–H and O–H groups in total. The van der Waals surface area contributed by atoms with E-state index < -0.39 is 6.04 Å². The minimum absolute atomic E-state index is 0.239. The molecule has 0 saturated carbocycles. The average molecular weight is 460 g/mol. The first-order valence-corrected chi connectivity index (χ1v) is 10.6. The van der Waals surface area contributed by atoms with Crippen LogP contribution >= 0.6 is 0 Å². The van der Waals surface area contributed by atoms with E-state index in [1.165, 1.54) is 12.1 Å². The minimum atomic E-state index is -0.534. The molecule has 0 bridgehead atoms. The second-order valence-corrected chi connectivity index (χ2v) is 7.75. The first kappa shape index (κ1) is 21.4. The van der Waals surface area contributed by atoms with E-state index in [2.05, 4.69) is 15.5 Å². The van der Waals surface area contributed by atoms with Gasteiger partial charge in [-0.3, -0.25) is 4.90 Å². The molecule has 1 aliphatic heterocycles. The number of hydrogen-bond acceptors (Lipinski definition) is 6. The van der Waals surface area contributed by atoms with Gasteiger partial charge in [-0.1, -0.05) is 17.3 Å². The van der Waals surface area contributed by atoms with Crippen molar-refractivity contribution in [3.8, 4) is 17.1 Å². The van der Waals surface area contributed by atoms with Crippen LogP contribution in [0.3, 0.4) is 0 Å². The topological polar surface area (TPSA) is 93.6 Å². The monoisotopic (exact) mass is 460 g/mol. The van der Waals surface area contributed by atoms with Crippen molar-refractivity contribution in [3.05, 3.63) is 95.7 Å². The molecule has 4 aromatic rings. The Balaban J connectivity index is 1.58. The molecule has 5 rings (SSSR count). The van der Waals surface area contributed by atoms with Crippen LogP contribution < -0.4 is 10.1 Å². The van der Waals surface area contributed by atoms with Crippen molar-refractivity contribution < 1.29 is 22.9 Å². The fourth-order valence-corrected chi connectivity index (χ4v) is 3.90. The van der Waals surface area contributed by atoms with Crippen LogP contribution in [-0.4, -0.2) is 28.2 Å². The number of halogens is 1. The number of furan rings is 1. The maximum absolute atomic E-state index is 13.3. The standard InChI is InChI=1S/C25H21FN4O4/c1-15-21(24-28-23(29-34-24)17-5-9-18(26)10-6-17)22(16-7-11-19(32-2)12-8-16)27-25(31)30(15)14-20-4-3-13-33-20/h3-13,22H,14H2,1-2H3,(H,27,31). The number of amides is 2. The lowest BCUT2D eigenvalue weighted by atomic mass is 9.94. The van der Waals surface area contributed by atoms with Gasteiger partial charge in [-0.15, -0.1) is 0 Å². The van der Waals surface area contributed by atoms with E-state index in [-0.39, 0.29) is 24.3 Å². The van der Waals surface area contributed by atoms with E-state index in [0.717, 1.165) is 5.56 Å². The van der Waals surface area contributed by atoms with Crippen molar-refractivity contribution >= 4 is 11.6 Å². The lowest BCUT2D eigenvalue weighted by Crippen LogP contribution is -2.45. The number of carbonyl (C=O) groups excluding carboxylic acids is 1. The molecule has 9 heteroatoms. The molecule has 1 aliphatic rings. The van der Waals surface area contributed by atoms with Crippen LogP contribution in [0, 0.1) is 5.82 Å². The van der Waals surface area contributed by atoms with E-state index in [1.54, 1.807) is 42.5 Å². The summed E-state index contributed by atoms with van der Waals surface area (Å²) in [6.45, 7) is 2.07. The van der Waals surface area contributed by atoms with Crippen molar-refractivity contribution in [1.82, 2.24) is 20.4 Å². The summed E-state index contributed by atoms with van der Waals surface area (Å²) in [6, 6.07) is 16.0. The highest BCUT2D eigenvalue weighted by Crippen LogP contribution is 2.38. The molecule has 0 saturated heterocycles. The number of urea groups is 1. The summed E-state index contributed by atoms with van der Waals surface area (Å²) in [5, 5.41) is 7.13. The van der Waals surface area contributed by atoms with Crippen molar-refractivity contribution in [3.63, 3.8) is 0 Å². The van der Waals surface area contributed by atoms with E-state index in [4.69, 9.17) is 13.7 Å². The highest BCUT2D eigenvalue weighted by Gasteiger charge is 2.36. The number of benzene rings is 2. The molecule has 2 amide bonds. The number of ether oxygens (including phenoxy) is 1. The van der Waals surface area contributed by atoms with Crippen molar-refractivity contribution in [2.75, 3.05) is 7.11 Å². The van der Waals surface area contributed by atoms with Crippen molar-refractivity contribution in [1.29, 1.82) is 0 Å². The number of allylic oxidation sites excluding steroid dienone is 1. The predicted molar refractivity (Wildman–Crippen MR) is 121 cm³/mol. The van der Waals surface area contributed by atoms with Gasteiger partial charge in [0.25, 0.3) is 5.89 Å². The molecule has 0 radical (unpaired) electrons. The maximum Gasteiger partial charge on any atom is 0.322 e. The third kappa shape index (κ3) is 4.03. The Bertz CT molecular complexity index is 1330. The van der Waals surface area contributed by atoms with Crippen molar-refractivity contribution in [2.24, 2.45) is 0 Å². The molecule has 2 aromatic carbocycles. The summed E-state index contributed by atoms with van der Waals surface area (Å²) in [4.78, 5) is 19.2. The number of hydrogen-bond donors (Lipinski definition) is 1. The Hall–Kier alpha value is -4.40. The highest BCUT2D eigenvalue weighted by molar-refractivity contribution is 5.86. The molecule has 2 aromatic heterocycles. The summed E-state index contributed by atoms with van der Waals surface area (Å²) < 4.78 is 29.7. The van der Waals surface area contributed by atoms with Gasteiger partial charge in [0, 0.05) is 11.3 Å². The van der Waals surface area contributed by atoms with Crippen LogP contribution in [0.4, 0.5) is 9.18 Å².